The molecule has 0 aromatic heterocycles. The van der Waals surface area contributed by atoms with Crippen LogP contribution in [0.3, 0.4) is 0 Å². The standard InChI is InChI=1S/C62H43N/c1-3-12-44(13-4-1)45-22-24-46(25-23-45)48-30-37-55(38-31-48)63(56-39-32-49(33-40-56)47-26-28-52(29-27-47)59-21-11-18-50-14-7-9-19-58(50)59)57-41-34-53(35-42-57)61-43-36-51-15-8-10-20-60(51)62(61)54-16-5-2-6-17-54/h1-43H/i30D,31D,37D,38D. The van der Waals surface area contributed by atoms with Crippen molar-refractivity contribution >= 4 is 38.6 Å². The van der Waals surface area contributed by atoms with E-state index < -0.39 is 0 Å². The molecular formula is C62H43N. The molecule has 0 N–H and O–H groups in total. The lowest BCUT2D eigenvalue weighted by Gasteiger charge is -2.26. The smallest absolute Gasteiger partial charge is 0.0645 e. The summed E-state index contributed by atoms with van der Waals surface area (Å²) in [5, 5.41) is 4.75. The quantitative estimate of drug-likeness (QED) is 0.140. The Morgan fingerprint density at radius 3 is 1.25 bits per heavy atom. The summed E-state index contributed by atoms with van der Waals surface area (Å²) < 4.78 is 38.0. The number of anilines is 3. The summed E-state index contributed by atoms with van der Waals surface area (Å²) in [5.74, 6) is 0. The van der Waals surface area contributed by atoms with Gasteiger partial charge in [0.2, 0.25) is 0 Å². The average molecular weight is 806 g/mol. The summed E-state index contributed by atoms with van der Waals surface area (Å²) in [5.41, 5.74) is 13.3. The minimum atomic E-state index is -0.124. The van der Waals surface area contributed by atoms with Gasteiger partial charge >= 0.3 is 0 Å². The molecule has 0 spiro atoms. The molecule has 0 unspecified atom stereocenters. The maximum atomic E-state index is 9.59. The minimum Gasteiger partial charge on any atom is -0.311 e. The third-order valence-corrected chi connectivity index (χ3v) is 12.0. The highest BCUT2D eigenvalue weighted by Crippen LogP contribution is 2.42. The van der Waals surface area contributed by atoms with Crippen molar-refractivity contribution < 1.29 is 5.48 Å². The van der Waals surface area contributed by atoms with Crippen molar-refractivity contribution in [3.8, 4) is 66.8 Å². The predicted octanol–water partition coefficient (Wildman–Crippen LogP) is 17.5. The van der Waals surface area contributed by atoms with Crippen molar-refractivity contribution in [2.24, 2.45) is 0 Å². The monoisotopic (exact) mass is 805 g/mol. The Bertz CT molecular complexity index is 3540. The van der Waals surface area contributed by atoms with Crippen LogP contribution in [-0.4, -0.2) is 0 Å². The molecule has 11 aromatic carbocycles. The van der Waals surface area contributed by atoms with Crippen molar-refractivity contribution in [1.29, 1.82) is 0 Å². The van der Waals surface area contributed by atoms with Gasteiger partial charge in [0.1, 0.15) is 0 Å². The lowest BCUT2D eigenvalue weighted by Crippen LogP contribution is -2.09. The summed E-state index contributed by atoms with van der Waals surface area (Å²) in [6, 6.07) is 80.4. The topological polar surface area (TPSA) is 3.24 Å². The van der Waals surface area contributed by atoms with Gasteiger partial charge in [0, 0.05) is 17.1 Å². The second-order valence-electron chi connectivity index (χ2n) is 15.8. The van der Waals surface area contributed by atoms with Crippen LogP contribution < -0.4 is 4.90 Å². The van der Waals surface area contributed by atoms with Crippen LogP contribution in [0.15, 0.2) is 261 Å². The van der Waals surface area contributed by atoms with Gasteiger partial charge in [-0.1, -0.05) is 224 Å². The molecule has 0 saturated carbocycles. The Morgan fingerprint density at radius 2 is 0.651 bits per heavy atom. The van der Waals surface area contributed by atoms with Crippen molar-refractivity contribution in [2.45, 2.75) is 0 Å². The lowest BCUT2D eigenvalue weighted by molar-refractivity contribution is 1.28. The van der Waals surface area contributed by atoms with Crippen LogP contribution in [0.5, 0.6) is 0 Å². The normalized spacial score (nSPS) is 12.1. The molecule has 1 nitrogen and oxygen atoms in total. The second-order valence-corrected chi connectivity index (χ2v) is 15.8. The summed E-state index contributed by atoms with van der Waals surface area (Å²) in [6.45, 7) is 0. The van der Waals surface area contributed by atoms with Crippen molar-refractivity contribution in [2.75, 3.05) is 4.90 Å². The second kappa shape index (κ2) is 16.7. The zero-order chi connectivity index (χ0) is 45.4. The van der Waals surface area contributed by atoms with E-state index in [9.17, 15) is 5.48 Å². The molecule has 296 valence electrons. The Labute approximate surface area is 375 Å². The molecule has 0 atom stereocenters. The minimum absolute atomic E-state index is 0.100. The van der Waals surface area contributed by atoms with Crippen LogP contribution in [0.1, 0.15) is 5.48 Å². The highest BCUT2D eigenvalue weighted by molar-refractivity contribution is 6.04. The molecule has 0 radical (unpaired) electrons. The predicted molar refractivity (Wildman–Crippen MR) is 269 cm³/mol. The number of nitrogens with zero attached hydrogens (tertiary/aromatic N) is 1. The van der Waals surface area contributed by atoms with E-state index >= 15 is 0 Å². The van der Waals surface area contributed by atoms with Gasteiger partial charge in [0.25, 0.3) is 0 Å². The first kappa shape index (κ1) is 33.5. The van der Waals surface area contributed by atoms with E-state index in [0.717, 1.165) is 55.5 Å². The van der Waals surface area contributed by atoms with Crippen LogP contribution in [0.25, 0.3) is 88.3 Å². The lowest BCUT2D eigenvalue weighted by atomic mass is 9.90. The molecule has 63 heavy (non-hydrogen) atoms. The summed E-state index contributed by atoms with van der Waals surface area (Å²) >= 11 is 0. The van der Waals surface area contributed by atoms with E-state index in [1.807, 2.05) is 89.8 Å². The van der Waals surface area contributed by atoms with Gasteiger partial charge < -0.3 is 4.90 Å². The van der Waals surface area contributed by atoms with Gasteiger partial charge in [-0.15, -0.1) is 0 Å². The molecule has 0 amide bonds. The Balaban J connectivity index is 1.01. The van der Waals surface area contributed by atoms with Crippen LogP contribution in [0.4, 0.5) is 17.1 Å². The fraction of sp³-hybridized carbons (Fsp3) is 0. The third-order valence-electron chi connectivity index (χ3n) is 12.0. The van der Waals surface area contributed by atoms with Crippen LogP contribution in [-0.2, 0) is 0 Å². The number of hydrogen-bond acceptors (Lipinski definition) is 1. The first-order valence-corrected chi connectivity index (χ1v) is 21.3. The Hall–Kier alpha value is -8.26. The van der Waals surface area contributed by atoms with Crippen molar-refractivity contribution in [3.05, 3.63) is 261 Å². The number of hydrogen-bond donors (Lipinski definition) is 0. The molecule has 0 saturated heterocycles. The molecule has 0 bridgehead atoms. The first-order valence-electron chi connectivity index (χ1n) is 23.3. The van der Waals surface area contributed by atoms with E-state index in [1.54, 1.807) is 0 Å². The summed E-state index contributed by atoms with van der Waals surface area (Å²) in [6.07, 6.45) is 0. The number of fused-ring (bicyclic) bond motifs is 2. The maximum absolute atomic E-state index is 9.59. The molecule has 11 rings (SSSR count). The first-order chi connectivity index (χ1) is 32.9. The Morgan fingerprint density at radius 1 is 0.238 bits per heavy atom. The van der Waals surface area contributed by atoms with Gasteiger partial charge in [0.15, 0.2) is 0 Å². The fourth-order valence-electron chi connectivity index (χ4n) is 8.77. The van der Waals surface area contributed by atoms with Crippen molar-refractivity contribution in [3.63, 3.8) is 0 Å². The van der Waals surface area contributed by atoms with Crippen LogP contribution >= 0.6 is 0 Å². The van der Waals surface area contributed by atoms with Gasteiger partial charge in [-0.3, -0.25) is 0 Å². The van der Waals surface area contributed by atoms with Gasteiger partial charge in [0.05, 0.1) is 5.48 Å². The Kier molecular flexibility index (Phi) is 8.84. The average Bonchev–Trinajstić information content (AvgIpc) is 3.40. The molecule has 0 fully saturated rings. The van der Waals surface area contributed by atoms with E-state index in [2.05, 4.69) is 152 Å². The van der Waals surface area contributed by atoms with Crippen molar-refractivity contribution in [1.82, 2.24) is 0 Å². The SMILES string of the molecule is [2H]c1c([2H])c(N(c2ccc(-c3ccc(-c4cccc5ccccc45)cc3)cc2)c2ccc(-c3ccc4ccccc4c3-c3ccccc3)cc2)c([2H])c([2H])c1-c1ccc(-c2ccccc2)cc1. The molecule has 0 aliphatic heterocycles. The third kappa shape index (κ3) is 7.47. The molecule has 1 heteroatoms. The molecule has 11 aromatic rings. The molecule has 0 heterocycles. The van der Waals surface area contributed by atoms with E-state index in [0.29, 0.717) is 16.9 Å². The van der Waals surface area contributed by atoms with Gasteiger partial charge in [-0.25, -0.2) is 0 Å². The molecule has 0 aliphatic rings. The van der Waals surface area contributed by atoms with Gasteiger partial charge in [-0.2, -0.15) is 0 Å². The van der Waals surface area contributed by atoms with Crippen LogP contribution in [0.2, 0.25) is 0 Å². The van der Waals surface area contributed by atoms with E-state index in [-0.39, 0.29) is 35.4 Å². The zero-order valence-electron chi connectivity index (χ0n) is 38.5. The molecule has 0 aliphatic carbocycles. The summed E-state index contributed by atoms with van der Waals surface area (Å²) in [7, 11) is 0. The largest absolute Gasteiger partial charge is 0.311 e. The van der Waals surface area contributed by atoms with E-state index in [1.165, 1.54) is 21.7 Å². The zero-order valence-corrected chi connectivity index (χ0v) is 34.5. The number of benzene rings is 11. The number of rotatable bonds is 9. The summed E-state index contributed by atoms with van der Waals surface area (Å²) in [4.78, 5) is 1.86. The highest BCUT2D eigenvalue weighted by atomic mass is 15.1. The molecular weight excluding hydrogens is 759 g/mol. The van der Waals surface area contributed by atoms with Crippen LogP contribution in [0, 0.1) is 0 Å². The highest BCUT2D eigenvalue weighted by Gasteiger charge is 2.16. The maximum Gasteiger partial charge on any atom is 0.0645 e. The van der Waals surface area contributed by atoms with Gasteiger partial charge in [-0.05, 0) is 125 Å². The fourth-order valence-corrected chi connectivity index (χ4v) is 8.77. The van der Waals surface area contributed by atoms with E-state index in [4.69, 9.17) is 0 Å².